The number of likely N-dealkylation sites (tertiary alicyclic amines) is 1. The van der Waals surface area contributed by atoms with Crippen LogP contribution in [0, 0.1) is 0 Å². The molecule has 2 atom stereocenters. The van der Waals surface area contributed by atoms with Gasteiger partial charge >= 0.3 is 5.97 Å². The predicted molar refractivity (Wildman–Crippen MR) is 81.9 cm³/mol. The molecule has 1 aliphatic rings. The van der Waals surface area contributed by atoms with Gasteiger partial charge in [-0.05, 0) is 31.9 Å². The smallest absolute Gasteiger partial charge is 0.328 e. The zero-order valence-electron chi connectivity index (χ0n) is 12.7. The van der Waals surface area contributed by atoms with E-state index in [4.69, 9.17) is 4.74 Å². The molecule has 1 heterocycles. The Morgan fingerprint density at radius 2 is 2.10 bits per heavy atom. The first kappa shape index (κ1) is 16.0. The van der Waals surface area contributed by atoms with E-state index in [1.54, 1.807) is 0 Å². The van der Waals surface area contributed by atoms with E-state index in [0.717, 1.165) is 37.8 Å². The Morgan fingerprint density at radius 1 is 1.33 bits per heavy atom. The number of esters is 1. The Labute approximate surface area is 126 Å². The molecule has 0 spiro atoms. The van der Waals surface area contributed by atoms with Crippen molar-refractivity contribution in [3.8, 4) is 0 Å². The van der Waals surface area contributed by atoms with Crippen LogP contribution in [0.3, 0.4) is 0 Å². The van der Waals surface area contributed by atoms with Crippen LogP contribution >= 0.6 is 0 Å². The number of hydrogen-bond acceptors (Lipinski definition) is 4. The van der Waals surface area contributed by atoms with Gasteiger partial charge in [-0.2, -0.15) is 0 Å². The fraction of sp³-hybridized carbons (Fsp3) is 0.588. The third-order valence-electron chi connectivity index (χ3n) is 4.09. The normalized spacial score (nSPS) is 21.5. The predicted octanol–water partition coefficient (Wildman–Crippen LogP) is 2.53. The largest absolute Gasteiger partial charge is 0.465 e. The van der Waals surface area contributed by atoms with Crippen LogP contribution in [0.25, 0.3) is 0 Å². The molecule has 1 N–H and O–H groups in total. The highest BCUT2D eigenvalue weighted by molar-refractivity contribution is 5.77. The van der Waals surface area contributed by atoms with Crippen LogP contribution in [-0.2, 0) is 9.53 Å². The zero-order chi connectivity index (χ0) is 15.1. The highest BCUT2D eigenvalue weighted by atomic mass is 16.5. The van der Waals surface area contributed by atoms with Crippen LogP contribution in [0.15, 0.2) is 30.3 Å². The monoisotopic (exact) mass is 291 g/mol. The third kappa shape index (κ3) is 4.05. The van der Waals surface area contributed by atoms with Gasteiger partial charge in [-0.25, -0.2) is 4.79 Å². The number of hydrogen-bond donors (Lipinski definition) is 1. The second-order valence-electron chi connectivity index (χ2n) is 5.49. The van der Waals surface area contributed by atoms with E-state index >= 15 is 0 Å². The van der Waals surface area contributed by atoms with Crippen molar-refractivity contribution >= 4 is 5.97 Å². The van der Waals surface area contributed by atoms with Gasteiger partial charge in [-0.1, -0.05) is 43.2 Å². The number of aliphatic hydroxyl groups is 1. The summed E-state index contributed by atoms with van der Waals surface area (Å²) in [4.78, 5) is 14.6. The molecule has 21 heavy (non-hydrogen) atoms. The molecule has 1 aromatic carbocycles. The van der Waals surface area contributed by atoms with Crippen molar-refractivity contribution in [2.24, 2.45) is 0 Å². The summed E-state index contributed by atoms with van der Waals surface area (Å²) in [6.07, 6.45) is 4.24. The molecule has 0 aromatic heterocycles. The van der Waals surface area contributed by atoms with E-state index in [2.05, 4.69) is 4.90 Å². The van der Waals surface area contributed by atoms with Crippen LogP contribution in [0.4, 0.5) is 0 Å². The fourth-order valence-electron chi connectivity index (χ4n) is 3.06. The maximum atomic E-state index is 12.5. The zero-order valence-corrected chi connectivity index (χ0v) is 12.7. The van der Waals surface area contributed by atoms with Crippen LogP contribution < -0.4 is 0 Å². The van der Waals surface area contributed by atoms with Crippen molar-refractivity contribution in [1.29, 1.82) is 0 Å². The Morgan fingerprint density at radius 3 is 2.76 bits per heavy atom. The third-order valence-corrected chi connectivity index (χ3v) is 4.09. The van der Waals surface area contributed by atoms with Gasteiger partial charge in [-0.3, -0.25) is 4.90 Å². The van der Waals surface area contributed by atoms with E-state index < -0.39 is 6.04 Å². The molecule has 4 heteroatoms. The molecule has 116 valence electrons. The van der Waals surface area contributed by atoms with Crippen molar-refractivity contribution in [3.63, 3.8) is 0 Å². The lowest BCUT2D eigenvalue weighted by atomic mass is 10.0. The van der Waals surface area contributed by atoms with Gasteiger partial charge in [0.1, 0.15) is 6.04 Å². The van der Waals surface area contributed by atoms with Gasteiger partial charge in [0.25, 0.3) is 0 Å². The number of carbonyl (C=O) groups excluding carboxylic acids is 1. The van der Waals surface area contributed by atoms with E-state index in [9.17, 15) is 9.90 Å². The maximum absolute atomic E-state index is 12.5. The molecule has 0 bridgehead atoms. The van der Waals surface area contributed by atoms with E-state index in [0.29, 0.717) is 6.61 Å². The minimum Gasteiger partial charge on any atom is -0.465 e. The summed E-state index contributed by atoms with van der Waals surface area (Å²) in [5.74, 6) is -0.218. The summed E-state index contributed by atoms with van der Waals surface area (Å²) < 4.78 is 5.28. The Kier molecular flexibility index (Phi) is 6.21. The molecule has 4 nitrogen and oxygen atoms in total. The first-order chi connectivity index (χ1) is 10.3. The van der Waals surface area contributed by atoms with E-state index in [1.807, 2.05) is 37.3 Å². The molecule has 0 amide bonds. The molecule has 1 fully saturated rings. The minimum atomic E-state index is -0.415. The standard InChI is InChI=1S/C17H25NO3/c1-2-21-17(20)16(14-9-5-3-6-10-14)18-12-8-4-7-11-15(18)13-19/h3,5-6,9-10,15-16,19H,2,4,7-8,11-13H2,1H3. The number of aliphatic hydroxyl groups excluding tert-OH is 1. The molecular formula is C17H25NO3. The molecule has 0 saturated carbocycles. The Bertz CT molecular complexity index is 435. The lowest BCUT2D eigenvalue weighted by molar-refractivity contribution is -0.151. The second-order valence-corrected chi connectivity index (χ2v) is 5.49. The lowest BCUT2D eigenvalue weighted by Crippen LogP contribution is -2.44. The average Bonchev–Trinajstić information content (AvgIpc) is 2.74. The fourth-order valence-corrected chi connectivity index (χ4v) is 3.06. The number of rotatable bonds is 5. The van der Waals surface area contributed by atoms with Gasteiger partial charge in [0, 0.05) is 6.04 Å². The van der Waals surface area contributed by atoms with E-state index in [1.165, 1.54) is 0 Å². The van der Waals surface area contributed by atoms with Crippen LogP contribution in [0.1, 0.15) is 44.2 Å². The quantitative estimate of drug-likeness (QED) is 0.847. The van der Waals surface area contributed by atoms with Crippen molar-refractivity contribution in [2.75, 3.05) is 19.8 Å². The Balaban J connectivity index is 2.30. The molecule has 2 unspecified atom stereocenters. The Hall–Kier alpha value is -1.39. The lowest BCUT2D eigenvalue weighted by Gasteiger charge is -2.34. The number of carbonyl (C=O) groups is 1. The highest BCUT2D eigenvalue weighted by Crippen LogP contribution is 2.29. The second kappa shape index (κ2) is 8.15. The van der Waals surface area contributed by atoms with Crippen LogP contribution in [-0.4, -0.2) is 41.8 Å². The van der Waals surface area contributed by atoms with E-state index in [-0.39, 0.29) is 18.6 Å². The van der Waals surface area contributed by atoms with Gasteiger partial charge in [0.05, 0.1) is 13.2 Å². The minimum absolute atomic E-state index is 0.0297. The molecule has 0 radical (unpaired) electrons. The number of nitrogens with zero attached hydrogens (tertiary/aromatic N) is 1. The topological polar surface area (TPSA) is 49.8 Å². The van der Waals surface area contributed by atoms with Crippen molar-refractivity contribution in [3.05, 3.63) is 35.9 Å². The maximum Gasteiger partial charge on any atom is 0.328 e. The van der Waals surface area contributed by atoms with Crippen molar-refractivity contribution < 1.29 is 14.6 Å². The summed E-state index contributed by atoms with van der Waals surface area (Å²) in [7, 11) is 0. The van der Waals surface area contributed by atoms with Crippen LogP contribution in [0.2, 0.25) is 0 Å². The first-order valence-electron chi connectivity index (χ1n) is 7.86. The molecule has 1 saturated heterocycles. The van der Waals surface area contributed by atoms with Gasteiger partial charge < -0.3 is 9.84 Å². The summed E-state index contributed by atoms with van der Waals surface area (Å²) in [6, 6.07) is 9.35. The molecular weight excluding hydrogens is 266 g/mol. The van der Waals surface area contributed by atoms with Crippen LogP contribution in [0.5, 0.6) is 0 Å². The van der Waals surface area contributed by atoms with Gasteiger partial charge in [0.15, 0.2) is 0 Å². The summed E-state index contributed by atoms with van der Waals surface area (Å²) in [5, 5.41) is 9.70. The summed E-state index contributed by atoms with van der Waals surface area (Å²) in [5.41, 5.74) is 0.941. The molecule has 1 aromatic rings. The highest BCUT2D eigenvalue weighted by Gasteiger charge is 2.34. The van der Waals surface area contributed by atoms with Gasteiger partial charge in [-0.15, -0.1) is 0 Å². The molecule has 2 rings (SSSR count). The molecule has 0 aliphatic carbocycles. The van der Waals surface area contributed by atoms with Crippen molar-refractivity contribution in [2.45, 2.75) is 44.7 Å². The first-order valence-corrected chi connectivity index (χ1v) is 7.86. The summed E-state index contributed by atoms with van der Waals surface area (Å²) in [6.45, 7) is 3.11. The average molecular weight is 291 g/mol. The molecule has 1 aliphatic heterocycles. The van der Waals surface area contributed by atoms with Crippen molar-refractivity contribution in [1.82, 2.24) is 4.90 Å². The number of benzene rings is 1. The van der Waals surface area contributed by atoms with Gasteiger partial charge in [0.2, 0.25) is 0 Å². The SMILES string of the molecule is CCOC(=O)C(c1ccccc1)N1CCCCCC1CO. The summed E-state index contributed by atoms with van der Waals surface area (Å²) >= 11 is 0. The number of ether oxygens (including phenoxy) is 1.